The lowest BCUT2D eigenvalue weighted by Gasteiger charge is -2.12. The molecule has 0 unspecified atom stereocenters. The number of hydrogen-bond donors (Lipinski definition) is 1. The van der Waals surface area contributed by atoms with Crippen LogP contribution in [0.3, 0.4) is 0 Å². The van der Waals surface area contributed by atoms with E-state index < -0.39 is 0 Å². The summed E-state index contributed by atoms with van der Waals surface area (Å²) >= 11 is 0. The molecule has 1 N–H and O–H groups in total. The van der Waals surface area contributed by atoms with Crippen molar-refractivity contribution in [3.8, 4) is 0 Å². The largest absolute Gasteiger partial charge is 0.385 e. The van der Waals surface area contributed by atoms with E-state index >= 15 is 0 Å². The maximum Gasteiger partial charge on any atom is 0.0474 e. The van der Waals surface area contributed by atoms with Crippen molar-refractivity contribution in [3.63, 3.8) is 0 Å². The molecule has 1 saturated carbocycles. The fraction of sp³-hybridized carbons (Fsp3) is 1.00. The van der Waals surface area contributed by atoms with Crippen LogP contribution in [0.2, 0.25) is 0 Å². The van der Waals surface area contributed by atoms with E-state index in [0.29, 0.717) is 5.41 Å². The highest BCUT2D eigenvalue weighted by atomic mass is 16.5. The first kappa shape index (κ1) is 10.0. The van der Waals surface area contributed by atoms with E-state index in [0.717, 1.165) is 19.6 Å². The maximum atomic E-state index is 4.98. The molecule has 0 aromatic carbocycles. The first-order valence-corrected chi connectivity index (χ1v) is 5.03. The Morgan fingerprint density at radius 2 is 2.17 bits per heavy atom. The summed E-state index contributed by atoms with van der Waals surface area (Å²) in [5, 5.41) is 3.49. The molecule has 0 amide bonds. The predicted octanol–water partition coefficient (Wildman–Crippen LogP) is 1.80. The smallest absolute Gasteiger partial charge is 0.0474 e. The first-order chi connectivity index (χ1) is 5.83. The molecule has 0 bridgehead atoms. The molecule has 0 atom stereocenters. The average molecular weight is 171 g/mol. The first-order valence-electron chi connectivity index (χ1n) is 5.03. The fourth-order valence-corrected chi connectivity index (χ4v) is 1.53. The Kier molecular flexibility index (Phi) is 4.02. The van der Waals surface area contributed by atoms with E-state index in [9.17, 15) is 0 Å². The minimum Gasteiger partial charge on any atom is -0.385 e. The van der Waals surface area contributed by atoms with Gasteiger partial charge in [0.25, 0.3) is 0 Å². The predicted molar refractivity (Wildman–Crippen MR) is 51.3 cm³/mol. The number of hydrogen-bond acceptors (Lipinski definition) is 2. The SMILES string of the molecule is CCC1(CNCCCOC)CC1. The zero-order valence-corrected chi connectivity index (χ0v) is 8.36. The van der Waals surface area contributed by atoms with E-state index in [-0.39, 0.29) is 0 Å². The van der Waals surface area contributed by atoms with E-state index in [1.54, 1.807) is 7.11 Å². The molecule has 0 aromatic rings. The quantitative estimate of drug-likeness (QED) is 0.590. The average Bonchev–Trinajstić information content (AvgIpc) is 2.85. The van der Waals surface area contributed by atoms with Crippen LogP contribution < -0.4 is 5.32 Å². The van der Waals surface area contributed by atoms with Crippen molar-refractivity contribution in [1.82, 2.24) is 5.32 Å². The Labute approximate surface area is 75.7 Å². The standard InChI is InChI=1S/C10H21NO/c1-3-10(5-6-10)9-11-7-4-8-12-2/h11H,3-9H2,1-2H3. The molecule has 1 aliphatic rings. The van der Waals surface area contributed by atoms with E-state index in [1.807, 2.05) is 0 Å². The Hall–Kier alpha value is -0.0800. The van der Waals surface area contributed by atoms with Crippen molar-refractivity contribution in [2.75, 3.05) is 26.8 Å². The highest BCUT2D eigenvalue weighted by Gasteiger charge is 2.39. The monoisotopic (exact) mass is 171 g/mol. The van der Waals surface area contributed by atoms with Crippen molar-refractivity contribution >= 4 is 0 Å². The summed E-state index contributed by atoms with van der Waals surface area (Å²) in [6.07, 6.45) is 5.34. The lowest BCUT2D eigenvalue weighted by Crippen LogP contribution is -2.25. The van der Waals surface area contributed by atoms with Gasteiger partial charge in [0.1, 0.15) is 0 Å². The summed E-state index contributed by atoms with van der Waals surface area (Å²) in [7, 11) is 1.76. The summed E-state index contributed by atoms with van der Waals surface area (Å²) < 4.78 is 4.98. The molecule has 0 aromatic heterocycles. The molecule has 2 heteroatoms. The van der Waals surface area contributed by atoms with E-state index in [2.05, 4.69) is 12.2 Å². The van der Waals surface area contributed by atoms with Gasteiger partial charge in [0.05, 0.1) is 0 Å². The molecular formula is C10H21NO. The van der Waals surface area contributed by atoms with Gasteiger partial charge >= 0.3 is 0 Å². The van der Waals surface area contributed by atoms with Crippen LogP contribution in [0.5, 0.6) is 0 Å². The van der Waals surface area contributed by atoms with Gasteiger partial charge in [0.15, 0.2) is 0 Å². The Morgan fingerprint density at radius 3 is 2.67 bits per heavy atom. The molecule has 2 nitrogen and oxygen atoms in total. The molecule has 1 aliphatic carbocycles. The van der Waals surface area contributed by atoms with Gasteiger partial charge < -0.3 is 10.1 Å². The van der Waals surface area contributed by atoms with Crippen LogP contribution in [0.1, 0.15) is 32.6 Å². The van der Waals surface area contributed by atoms with Crippen LogP contribution in [0, 0.1) is 5.41 Å². The highest BCUT2D eigenvalue weighted by molar-refractivity contribution is 4.93. The van der Waals surface area contributed by atoms with Crippen LogP contribution in [0.25, 0.3) is 0 Å². The molecule has 0 aliphatic heterocycles. The molecule has 0 spiro atoms. The van der Waals surface area contributed by atoms with Crippen LogP contribution in [-0.2, 0) is 4.74 Å². The Morgan fingerprint density at radius 1 is 1.42 bits per heavy atom. The van der Waals surface area contributed by atoms with Gasteiger partial charge in [-0.3, -0.25) is 0 Å². The molecule has 1 rings (SSSR count). The van der Waals surface area contributed by atoms with Gasteiger partial charge in [0.2, 0.25) is 0 Å². The van der Waals surface area contributed by atoms with Crippen LogP contribution in [-0.4, -0.2) is 26.8 Å². The van der Waals surface area contributed by atoms with E-state index in [4.69, 9.17) is 4.74 Å². The van der Waals surface area contributed by atoms with Crippen molar-refractivity contribution in [2.24, 2.45) is 5.41 Å². The summed E-state index contributed by atoms with van der Waals surface area (Å²) in [4.78, 5) is 0. The number of rotatable bonds is 7. The summed E-state index contributed by atoms with van der Waals surface area (Å²) in [6.45, 7) is 5.50. The van der Waals surface area contributed by atoms with Gasteiger partial charge in [-0.2, -0.15) is 0 Å². The third-order valence-corrected chi connectivity index (χ3v) is 2.91. The molecule has 1 fully saturated rings. The zero-order chi connectivity index (χ0) is 8.86. The lowest BCUT2D eigenvalue weighted by atomic mass is 10.0. The van der Waals surface area contributed by atoms with Crippen LogP contribution in [0.4, 0.5) is 0 Å². The normalized spacial score (nSPS) is 19.5. The second-order valence-corrected chi connectivity index (χ2v) is 3.88. The fourth-order valence-electron chi connectivity index (χ4n) is 1.53. The van der Waals surface area contributed by atoms with Gasteiger partial charge in [0, 0.05) is 20.3 Å². The molecule has 12 heavy (non-hydrogen) atoms. The molecule has 0 radical (unpaired) electrons. The topological polar surface area (TPSA) is 21.3 Å². The molecule has 0 heterocycles. The third-order valence-electron chi connectivity index (χ3n) is 2.91. The summed E-state index contributed by atoms with van der Waals surface area (Å²) in [5.41, 5.74) is 0.688. The summed E-state index contributed by atoms with van der Waals surface area (Å²) in [6, 6.07) is 0. The van der Waals surface area contributed by atoms with Gasteiger partial charge in [-0.25, -0.2) is 0 Å². The Bertz CT molecular complexity index is 121. The van der Waals surface area contributed by atoms with Crippen LogP contribution >= 0.6 is 0 Å². The van der Waals surface area contributed by atoms with Crippen LogP contribution in [0.15, 0.2) is 0 Å². The lowest BCUT2D eigenvalue weighted by molar-refractivity contribution is 0.193. The zero-order valence-electron chi connectivity index (χ0n) is 8.36. The van der Waals surface area contributed by atoms with Gasteiger partial charge in [-0.15, -0.1) is 0 Å². The second-order valence-electron chi connectivity index (χ2n) is 3.88. The van der Waals surface area contributed by atoms with Crippen molar-refractivity contribution in [2.45, 2.75) is 32.6 Å². The van der Waals surface area contributed by atoms with Crippen molar-refractivity contribution in [1.29, 1.82) is 0 Å². The third kappa shape index (κ3) is 3.11. The van der Waals surface area contributed by atoms with Gasteiger partial charge in [-0.1, -0.05) is 6.92 Å². The molecule has 0 saturated heterocycles. The number of methoxy groups -OCH3 is 1. The van der Waals surface area contributed by atoms with Crippen molar-refractivity contribution < 1.29 is 4.74 Å². The minimum atomic E-state index is 0.688. The minimum absolute atomic E-state index is 0.688. The molecule has 72 valence electrons. The van der Waals surface area contributed by atoms with Crippen molar-refractivity contribution in [3.05, 3.63) is 0 Å². The highest BCUT2D eigenvalue weighted by Crippen LogP contribution is 2.47. The van der Waals surface area contributed by atoms with E-state index in [1.165, 1.54) is 25.8 Å². The number of ether oxygens (including phenoxy) is 1. The number of nitrogens with one attached hydrogen (secondary N) is 1. The maximum absolute atomic E-state index is 4.98. The second kappa shape index (κ2) is 4.83. The molecular weight excluding hydrogens is 150 g/mol. The Balaban J connectivity index is 1.89. The van der Waals surface area contributed by atoms with Gasteiger partial charge in [-0.05, 0) is 37.6 Å². The summed E-state index contributed by atoms with van der Waals surface area (Å²) in [5.74, 6) is 0.